The maximum Gasteiger partial charge on any atom is 0.322 e. The lowest BCUT2D eigenvalue weighted by molar-refractivity contribution is 0.0564. The van der Waals surface area contributed by atoms with E-state index in [2.05, 4.69) is 37.0 Å². The number of imidazole rings is 1. The van der Waals surface area contributed by atoms with Crippen molar-refractivity contribution in [2.75, 3.05) is 31.6 Å². The van der Waals surface area contributed by atoms with E-state index in [-0.39, 0.29) is 11.8 Å². The fraction of sp³-hybridized carbons (Fsp3) is 0.167. The summed E-state index contributed by atoms with van der Waals surface area (Å²) in [5.41, 5.74) is 6.55. The summed E-state index contributed by atoms with van der Waals surface area (Å²) in [6.07, 6.45) is 8.58. The number of carbonyl (C=O) groups excluding carboxylic acids is 1. The number of halogens is 1. The number of anilines is 1. The lowest BCUT2D eigenvalue weighted by Crippen LogP contribution is -2.43. The number of morpholine rings is 1. The molecule has 2 amide bonds. The van der Waals surface area contributed by atoms with E-state index in [0.29, 0.717) is 54.9 Å². The molecule has 0 unspecified atom stereocenters. The Morgan fingerprint density at radius 3 is 2.68 bits per heavy atom. The average Bonchev–Trinajstić information content (AvgIpc) is 3.60. The number of nitrogens with zero attached hydrogens (tertiary/aromatic N) is 5. The highest BCUT2D eigenvalue weighted by molar-refractivity contribution is 5.93. The molecule has 1 aromatic carbocycles. The summed E-state index contributed by atoms with van der Waals surface area (Å²) in [5.74, 6) is 0.277. The molecule has 1 fully saturated rings. The van der Waals surface area contributed by atoms with Crippen molar-refractivity contribution in [2.45, 2.75) is 6.92 Å². The molecule has 0 bridgehead atoms. The molecule has 3 N–H and O–H groups in total. The maximum atomic E-state index is 13.6. The number of fused-ring (bicyclic) bond motifs is 1. The van der Waals surface area contributed by atoms with Crippen LogP contribution in [0.15, 0.2) is 73.7 Å². The van der Waals surface area contributed by atoms with Crippen LogP contribution in [-0.4, -0.2) is 67.4 Å². The van der Waals surface area contributed by atoms with Crippen molar-refractivity contribution in [3.8, 4) is 22.6 Å². The number of H-pyrrole nitrogens is 2. The van der Waals surface area contributed by atoms with E-state index in [4.69, 9.17) is 9.72 Å². The van der Waals surface area contributed by atoms with E-state index in [1.807, 2.05) is 25.1 Å². The molecule has 41 heavy (non-hydrogen) atoms. The predicted octanol–water partition coefficient (Wildman–Crippen LogP) is 5.34. The largest absolute Gasteiger partial charge is 0.378 e. The van der Waals surface area contributed by atoms with Crippen molar-refractivity contribution in [1.82, 2.24) is 35.0 Å². The van der Waals surface area contributed by atoms with Gasteiger partial charge in [0.05, 0.1) is 36.2 Å². The molecule has 0 saturated carbocycles. The Labute approximate surface area is 235 Å². The number of rotatable bonds is 6. The zero-order chi connectivity index (χ0) is 28.3. The van der Waals surface area contributed by atoms with Crippen LogP contribution < -0.4 is 5.32 Å². The van der Waals surface area contributed by atoms with E-state index in [1.54, 1.807) is 41.7 Å². The zero-order valence-electron chi connectivity index (χ0n) is 22.3. The molecule has 1 aliphatic rings. The van der Waals surface area contributed by atoms with E-state index in [1.165, 1.54) is 12.1 Å². The Bertz CT molecular complexity index is 1770. The first-order chi connectivity index (χ1) is 20.0. The summed E-state index contributed by atoms with van der Waals surface area (Å²) >= 11 is 0. The van der Waals surface area contributed by atoms with Gasteiger partial charge in [-0.3, -0.25) is 10.1 Å². The molecule has 0 aliphatic carbocycles. The number of pyridine rings is 2. The quantitative estimate of drug-likeness (QED) is 0.245. The van der Waals surface area contributed by atoms with E-state index in [9.17, 15) is 9.18 Å². The summed E-state index contributed by atoms with van der Waals surface area (Å²) in [4.78, 5) is 31.5. The Morgan fingerprint density at radius 2 is 1.90 bits per heavy atom. The number of aromatic amines is 2. The molecule has 1 saturated heterocycles. The van der Waals surface area contributed by atoms with E-state index >= 15 is 0 Å². The molecule has 1 aliphatic heterocycles. The number of amides is 2. The van der Waals surface area contributed by atoms with Crippen LogP contribution in [0.5, 0.6) is 0 Å². The molecule has 0 atom stereocenters. The number of aromatic nitrogens is 6. The number of hydrogen-bond acceptors (Lipinski definition) is 6. The number of allylic oxidation sites excluding steroid dienone is 2. The fourth-order valence-electron chi connectivity index (χ4n) is 4.77. The van der Waals surface area contributed by atoms with Gasteiger partial charge in [0.2, 0.25) is 0 Å². The van der Waals surface area contributed by atoms with Crippen LogP contribution in [0.2, 0.25) is 0 Å². The molecule has 10 nitrogen and oxygen atoms in total. The third-order valence-corrected chi connectivity index (χ3v) is 6.85. The molecule has 6 rings (SSSR count). The molecular weight excluding hydrogens is 523 g/mol. The Balaban J connectivity index is 1.32. The van der Waals surface area contributed by atoms with Gasteiger partial charge in [-0.2, -0.15) is 5.10 Å². The van der Waals surface area contributed by atoms with Gasteiger partial charge in [0.15, 0.2) is 11.5 Å². The number of ether oxygens (including phenoxy) is 1. The lowest BCUT2D eigenvalue weighted by Gasteiger charge is -2.26. The monoisotopic (exact) mass is 550 g/mol. The summed E-state index contributed by atoms with van der Waals surface area (Å²) < 4.78 is 18.9. The predicted molar refractivity (Wildman–Crippen MR) is 155 cm³/mol. The van der Waals surface area contributed by atoms with Gasteiger partial charge in [-0.15, -0.1) is 0 Å². The average molecular weight is 551 g/mol. The van der Waals surface area contributed by atoms with Crippen LogP contribution in [0.3, 0.4) is 0 Å². The number of urea groups is 1. The minimum absolute atomic E-state index is 0.188. The number of benzene rings is 1. The van der Waals surface area contributed by atoms with E-state index in [0.717, 1.165) is 33.3 Å². The highest BCUT2D eigenvalue weighted by Gasteiger charge is 2.19. The summed E-state index contributed by atoms with van der Waals surface area (Å²) in [5, 5.41) is 11.1. The van der Waals surface area contributed by atoms with Crippen LogP contribution in [0.1, 0.15) is 17.0 Å². The van der Waals surface area contributed by atoms with Crippen LogP contribution in [0, 0.1) is 12.7 Å². The van der Waals surface area contributed by atoms with Crippen LogP contribution >= 0.6 is 0 Å². The van der Waals surface area contributed by atoms with Crippen molar-refractivity contribution in [1.29, 1.82) is 0 Å². The second kappa shape index (κ2) is 11.1. The van der Waals surface area contributed by atoms with Gasteiger partial charge in [-0.1, -0.05) is 30.9 Å². The molecule has 11 heteroatoms. The molecular formula is C30H27FN8O2. The number of aryl methyl sites for hydroxylation is 1. The first kappa shape index (κ1) is 26.1. The minimum Gasteiger partial charge on any atom is -0.378 e. The first-order valence-corrected chi connectivity index (χ1v) is 13.1. The zero-order valence-corrected chi connectivity index (χ0v) is 22.3. The van der Waals surface area contributed by atoms with Gasteiger partial charge in [-0.25, -0.2) is 19.2 Å². The highest BCUT2D eigenvalue weighted by atomic mass is 19.1. The van der Waals surface area contributed by atoms with Crippen molar-refractivity contribution < 1.29 is 13.9 Å². The van der Waals surface area contributed by atoms with Gasteiger partial charge in [0.25, 0.3) is 0 Å². The van der Waals surface area contributed by atoms with E-state index < -0.39 is 0 Å². The molecule has 5 aromatic rings. The van der Waals surface area contributed by atoms with Gasteiger partial charge in [-0.05, 0) is 36.8 Å². The summed E-state index contributed by atoms with van der Waals surface area (Å²) in [6, 6.07) is 9.90. The van der Waals surface area contributed by atoms with Crippen LogP contribution in [-0.2, 0) is 4.74 Å². The Morgan fingerprint density at radius 1 is 1.12 bits per heavy atom. The molecule has 206 valence electrons. The Kier molecular flexibility index (Phi) is 7.09. The molecule has 5 heterocycles. The second-order valence-corrected chi connectivity index (χ2v) is 9.57. The van der Waals surface area contributed by atoms with Gasteiger partial charge in [0.1, 0.15) is 11.5 Å². The number of hydrogen-bond donors (Lipinski definition) is 3. The third kappa shape index (κ3) is 5.35. The molecule has 0 spiro atoms. The highest BCUT2D eigenvalue weighted by Crippen LogP contribution is 2.32. The van der Waals surface area contributed by atoms with Gasteiger partial charge in [0, 0.05) is 47.9 Å². The smallest absolute Gasteiger partial charge is 0.322 e. The van der Waals surface area contributed by atoms with Crippen LogP contribution in [0.25, 0.3) is 39.3 Å². The third-order valence-electron chi connectivity index (χ3n) is 6.85. The lowest BCUT2D eigenvalue weighted by atomic mass is 10.0. The van der Waals surface area contributed by atoms with Crippen molar-refractivity contribution in [3.05, 3.63) is 96.5 Å². The second-order valence-electron chi connectivity index (χ2n) is 9.57. The molecule has 4 aromatic heterocycles. The minimum atomic E-state index is -0.307. The van der Waals surface area contributed by atoms with Crippen molar-refractivity contribution >= 4 is 28.3 Å². The summed E-state index contributed by atoms with van der Waals surface area (Å²) in [7, 11) is 0. The first-order valence-electron chi connectivity index (χ1n) is 13.1. The topological polar surface area (TPSA) is 125 Å². The normalized spacial score (nSPS) is 13.9. The number of carbonyl (C=O) groups is 1. The summed E-state index contributed by atoms with van der Waals surface area (Å²) in [6.45, 7) is 7.91. The SMILES string of the molecule is C=C/C=C(/c1ccc(F)cc1)c1nc(-c2[nH]nc3ncc(-c4cncc(NC(=O)N5CCOCC5)c4)cc23)[nH]c1C. The van der Waals surface area contributed by atoms with Gasteiger partial charge < -0.3 is 19.9 Å². The Hall–Kier alpha value is -5.16. The maximum absolute atomic E-state index is 13.6. The van der Waals surface area contributed by atoms with Crippen molar-refractivity contribution in [2.24, 2.45) is 0 Å². The fourth-order valence-corrected chi connectivity index (χ4v) is 4.77. The molecule has 0 radical (unpaired) electrons. The standard InChI is InChI=1S/C30H27FN8O2/c1-3-4-24(19-5-7-22(31)8-6-19)26-18(2)34-29(36-26)27-25-14-21(16-33-28(25)38-37-27)20-13-23(17-32-15-20)35-30(40)39-9-11-41-12-10-39/h3-8,13-17H,1,9-12H2,2H3,(H,34,36)(H,35,40)(H,33,37,38)/b24-4-. The van der Waals surface area contributed by atoms with Gasteiger partial charge >= 0.3 is 6.03 Å². The van der Waals surface area contributed by atoms with Crippen molar-refractivity contribution in [3.63, 3.8) is 0 Å². The van der Waals surface area contributed by atoms with Crippen LogP contribution in [0.4, 0.5) is 14.9 Å². The number of nitrogens with one attached hydrogen (secondary N) is 3.